The zero-order valence-electron chi connectivity index (χ0n) is 87.9. The van der Waals surface area contributed by atoms with Gasteiger partial charge in [0.25, 0.3) is 0 Å². The van der Waals surface area contributed by atoms with Crippen molar-refractivity contribution in [2.24, 2.45) is 41.4 Å². The van der Waals surface area contributed by atoms with Crippen LogP contribution in [0, 0.1) is 41.4 Å². The van der Waals surface area contributed by atoms with Gasteiger partial charge >= 0.3 is 5.97 Å². The molecule has 22 nitrogen and oxygen atoms in total. The summed E-state index contributed by atoms with van der Waals surface area (Å²) >= 11 is 0. The minimum atomic E-state index is -0.835. The van der Waals surface area contributed by atoms with Crippen LogP contribution in [0.5, 0.6) is 40.2 Å². The highest BCUT2D eigenvalue weighted by atomic mass is 16.5. The van der Waals surface area contributed by atoms with Crippen LogP contribution in [-0.2, 0) is 9.53 Å². The fourth-order valence-electron chi connectivity index (χ4n) is 20.0. The topological polar surface area (TPSA) is 354 Å². The highest BCUT2D eigenvalue weighted by Crippen LogP contribution is 2.38. The van der Waals surface area contributed by atoms with Gasteiger partial charge in [-0.2, -0.15) is 0 Å². The van der Waals surface area contributed by atoms with Gasteiger partial charge in [0.1, 0.15) is 58.6 Å². The molecular weight excluding hydrogens is 1810 g/mol. The van der Waals surface area contributed by atoms with Gasteiger partial charge in [-0.1, -0.05) is 236 Å². The first kappa shape index (κ1) is 120. The third-order valence-corrected chi connectivity index (χ3v) is 29.3. The van der Waals surface area contributed by atoms with Crippen LogP contribution in [0.2, 0.25) is 0 Å². The van der Waals surface area contributed by atoms with E-state index in [1.54, 1.807) is 0 Å². The highest BCUT2D eigenvalue weighted by molar-refractivity contribution is 5.66. The third-order valence-electron chi connectivity index (χ3n) is 29.3. The molecule has 7 aliphatic carbocycles. The quantitative estimate of drug-likeness (QED) is 0.0158. The van der Waals surface area contributed by atoms with Gasteiger partial charge in [0, 0.05) is 24.7 Å². The lowest BCUT2D eigenvalue weighted by molar-refractivity contribution is -0.151. The van der Waals surface area contributed by atoms with Crippen molar-refractivity contribution in [3.8, 4) is 40.2 Å². The van der Waals surface area contributed by atoms with Crippen molar-refractivity contribution in [3.63, 3.8) is 0 Å². The molecule has 7 aromatic rings. The van der Waals surface area contributed by atoms with E-state index < -0.39 is 54.9 Å². The molecule has 0 amide bonds. The zero-order chi connectivity index (χ0) is 103. The number of aliphatic hydroxyl groups excluding tert-OH is 13. The van der Waals surface area contributed by atoms with E-state index in [9.17, 15) is 71.2 Å². The molecular formula is C121H184O22. The lowest BCUT2D eigenvalue weighted by Gasteiger charge is -2.30. The van der Waals surface area contributed by atoms with Gasteiger partial charge in [-0.3, -0.25) is 4.79 Å². The van der Waals surface area contributed by atoms with E-state index in [0.29, 0.717) is 69.5 Å². The summed E-state index contributed by atoms with van der Waals surface area (Å²) < 4.78 is 46.4. The normalized spacial score (nSPS) is 22.7. The minimum Gasteiger partial charge on any atom is -0.493 e. The van der Waals surface area contributed by atoms with Crippen molar-refractivity contribution < 1.29 is 109 Å². The number of ether oxygens (including phenoxy) is 8. The molecule has 22 heteroatoms. The van der Waals surface area contributed by atoms with Gasteiger partial charge in [0.2, 0.25) is 0 Å². The van der Waals surface area contributed by atoms with Crippen LogP contribution >= 0.6 is 0 Å². The van der Waals surface area contributed by atoms with Gasteiger partial charge in [-0.05, 0) is 314 Å². The second-order valence-electron chi connectivity index (χ2n) is 41.3. The summed E-state index contributed by atoms with van der Waals surface area (Å²) in [7, 11) is 0. The zero-order valence-corrected chi connectivity index (χ0v) is 87.9. The summed E-state index contributed by atoms with van der Waals surface area (Å²) in [4.78, 5) is 11.2. The number of aliphatic hydroxyl groups is 13. The van der Waals surface area contributed by atoms with E-state index >= 15 is 0 Å². The molecule has 7 aromatic carbocycles. The number of carbonyl (C=O) groups is 1. The molecule has 0 heterocycles. The Morgan fingerprint density at radius 3 is 0.748 bits per heavy atom. The Morgan fingerprint density at radius 2 is 0.490 bits per heavy atom. The second-order valence-corrected chi connectivity index (χ2v) is 41.3. The third kappa shape index (κ3) is 46.2. The summed E-state index contributed by atoms with van der Waals surface area (Å²) in [6.45, 7) is 20.1. The SMILES string of the molecule is CCC[C@@H](O)c1cccc(OCC2CCC(O)CC2)c1.CCC[C@@H](O)c1cccc(OCC2CCC(O)CC2)c1.CCC[C@@H](O)c1cccc(OC[C@@H]2CCCC[C@H]2O)c1.CCC[C@@H](O)c1cccc(OC[C@@H]2CCCC[C@H]2OC(C)=O)c1.CCC[C@@H](O)c1cccc(OC[C@H]2CCCC[C@H]2O)c1.CC[C@@H](O)[C@H](O)c1cccc(OCC2CCCCC2)c1.CC[C@H](O)[C@@H](O)c1cccc(OCC2CCCCC2)c1. The first-order chi connectivity index (χ1) is 69.3. The van der Waals surface area contributed by atoms with Crippen molar-refractivity contribution in [2.75, 3.05) is 46.2 Å². The predicted molar refractivity (Wildman–Crippen MR) is 568 cm³/mol. The first-order valence-electron chi connectivity index (χ1n) is 55.4. The van der Waals surface area contributed by atoms with E-state index in [1.165, 1.54) is 84.0 Å². The summed E-state index contributed by atoms with van der Waals surface area (Å²) in [5, 5.41) is 128. The van der Waals surface area contributed by atoms with Crippen LogP contribution in [0.25, 0.3) is 0 Å². The number of hydrogen-bond acceptors (Lipinski definition) is 22. The molecule has 143 heavy (non-hydrogen) atoms. The van der Waals surface area contributed by atoms with E-state index in [2.05, 4.69) is 34.6 Å². The summed E-state index contributed by atoms with van der Waals surface area (Å²) in [5.41, 5.74) is 6.03. The van der Waals surface area contributed by atoms with Crippen molar-refractivity contribution >= 4 is 5.97 Å². The Kier molecular flexibility index (Phi) is 58.3. The Morgan fingerprint density at radius 1 is 0.266 bits per heavy atom. The number of esters is 1. The van der Waals surface area contributed by atoms with E-state index in [-0.39, 0.29) is 54.2 Å². The van der Waals surface area contributed by atoms with Crippen LogP contribution < -0.4 is 33.2 Å². The number of rotatable bonds is 43. The van der Waals surface area contributed by atoms with Crippen molar-refractivity contribution in [1.29, 1.82) is 0 Å². The van der Waals surface area contributed by atoms with Crippen LogP contribution in [0.15, 0.2) is 170 Å². The number of hydrogen-bond donors (Lipinski definition) is 13. The van der Waals surface area contributed by atoms with Crippen molar-refractivity contribution in [2.45, 2.75) is 411 Å². The van der Waals surface area contributed by atoms with Gasteiger partial charge in [-0.15, -0.1) is 0 Å². The monoisotopic (exact) mass is 1990 g/mol. The maximum absolute atomic E-state index is 11.2. The molecule has 0 radical (unpaired) electrons. The van der Waals surface area contributed by atoms with Crippen LogP contribution in [-0.4, -0.2) is 161 Å². The lowest BCUT2D eigenvalue weighted by atomic mass is 9.87. The van der Waals surface area contributed by atoms with E-state index in [1.807, 2.05) is 184 Å². The van der Waals surface area contributed by atoms with Gasteiger partial charge in [0.15, 0.2) is 0 Å². The lowest BCUT2D eigenvalue weighted by Crippen LogP contribution is -2.33. The van der Waals surface area contributed by atoms with E-state index in [4.69, 9.17) is 37.9 Å². The number of benzene rings is 7. The molecule has 0 saturated heterocycles. The maximum atomic E-state index is 11.2. The molecule has 0 spiro atoms. The standard InChI is InChI=1S/C19H28O4.6C17H26O3/c1-3-7-18(21)15-9-6-10-17(12-15)22-13-16-8-4-5-11-19(16)23-14(2)20;2*1-2-6-16(18)13-8-5-9-15(11-13)20-12-14-7-3-4-10-17(14)19;2*1-2-16(18)17(19)14-9-6-10-15(11-14)20-12-13-7-4-3-5-8-13;2*1-2-4-17(19)14-5-3-6-16(11-14)20-12-13-7-9-15(18)10-8-13/h6,9-10,12,16,18-19,21H,3-5,7-8,11,13H2,1-2H3;2*5,8-9,11,14,16-19H,2-4,6-7,10,12H2,1H3;2*6,9-11,13,16-19H,2-5,7-8,12H2,1H3;2*3,5-6,11,13,15,17-19H,2,4,7-10,12H2,1H3/t16-,18+,19+;14-,16+,17+;14-,16-,17-;2*16-,17-;2*13?,15?,17-/m0011011/s1. The Hall–Kier alpha value is -7.91. The van der Waals surface area contributed by atoms with Crippen LogP contribution in [0.4, 0.5) is 0 Å². The molecule has 13 N–H and O–H groups in total. The molecule has 800 valence electrons. The summed E-state index contributed by atoms with van der Waals surface area (Å²) in [6.07, 6.45) is 37.3. The number of carbonyl (C=O) groups excluding carboxylic acids is 1. The van der Waals surface area contributed by atoms with Crippen molar-refractivity contribution in [1.82, 2.24) is 0 Å². The van der Waals surface area contributed by atoms with Gasteiger partial charge in [0.05, 0.1) is 113 Å². The Balaban J connectivity index is 0.000000204. The smallest absolute Gasteiger partial charge is 0.302 e. The van der Waals surface area contributed by atoms with Gasteiger partial charge in [-0.25, -0.2) is 0 Å². The fraction of sp³-hybridized carbons (Fsp3) is 0.645. The van der Waals surface area contributed by atoms with Crippen molar-refractivity contribution in [3.05, 3.63) is 209 Å². The second kappa shape index (κ2) is 69.3. The fourth-order valence-corrected chi connectivity index (χ4v) is 20.0. The molecule has 14 rings (SSSR count). The van der Waals surface area contributed by atoms with Crippen LogP contribution in [0.3, 0.4) is 0 Å². The Bertz CT molecular complexity index is 4230. The maximum Gasteiger partial charge on any atom is 0.302 e. The van der Waals surface area contributed by atoms with Crippen LogP contribution in [0.1, 0.15) is 407 Å². The molecule has 15 atom stereocenters. The minimum absolute atomic E-state index is 0.0323. The summed E-state index contributed by atoms with van der Waals surface area (Å²) in [5.74, 6) is 8.53. The summed E-state index contributed by atoms with van der Waals surface area (Å²) in [6, 6.07) is 53.5. The molecule has 7 aliphatic rings. The largest absolute Gasteiger partial charge is 0.493 e. The van der Waals surface area contributed by atoms with E-state index in [0.717, 1.165) is 272 Å². The average molecular weight is 1990 g/mol. The average Bonchev–Trinajstić information content (AvgIpc) is 0.779. The first-order valence-corrected chi connectivity index (χ1v) is 55.4. The molecule has 0 bridgehead atoms. The molecule has 0 unspecified atom stereocenters. The molecule has 0 aliphatic heterocycles. The molecule has 7 saturated carbocycles. The highest BCUT2D eigenvalue weighted by Gasteiger charge is 2.31. The molecule has 7 fully saturated rings. The predicted octanol–water partition coefficient (Wildman–Crippen LogP) is 24.7. The Labute approximate surface area is 857 Å². The molecule has 0 aromatic heterocycles. The van der Waals surface area contributed by atoms with Gasteiger partial charge < -0.3 is 104 Å².